The van der Waals surface area contributed by atoms with Crippen LogP contribution in [-0.4, -0.2) is 40.8 Å². The zero-order valence-corrected chi connectivity index (χ0v) is 19.7. The Hall–Kier alpha value is -3.45. The van der Waals surface area contributed by atoms with E-state index >= 15 is 0 Å². The molecule has 33 heavy (non-hydrogen) atoms. The molecule has 5 rings (SSSR count). The lowest BCUT2D eigenvalue weighted by molar-refractivity contribution is 0.0451. The van der Waals surface area contributed by atoms with Gasteiger partial charge in [0.15, 0.2) is 0 Å². The van der Waals surface area contributed by atoms with Gasteiger partial charge in [-0.05, 0) is 51.0 Å². The number of nitrogens with one attached hydrogen (secondary N) is 1. The van der Waals surface area contributed by atoms with E-state index in [1.165, 1.54) is 11.3 Å². The summed E-state index contributed by atoms with van der Waals surface area (Å²) in [5.74, 6) is 0.531. The van der Waals surface area contributed by atoms with Crippen LogP contribution in [0.4, 0.5) is 0 Å². The summed E-state index contributed by atoms with van der Waals surface area (Å²) in [7, 11) is 0. The van der Waals surface area contributed by atoms with Crippen LogP contribution in [0.25, 0.3) is 21.4 Å². The molecule has 168 valence electrons. The normalized spacial score (nSPS) is 15.5. The Morgan fingerprint density at radius 1 is 1.15 bits per heavy atom. The summed E-state index contributed by atoms with van der Waals surface area (Å²) in [5.41, 5.74) is 3.93. The highest BCUT2D eigenvalue weighted by atomic mass is 32.1. The first-order valence-corrected chi connectivity index (χ1v) is 11.8. The maximum absolute atomic E-state index is 13.4. The predicted octanol–water partition coefficient (Wildman–Crippen LogP) is 5.13. The first-order valence-electron chi connectivity index (χ1n) is 11.0. The fraction of sp³-hybridized carbons (Fsp3) is 0.269. The number of fused-ring (bicyclic) bond motifs is 1. The van der Waals surface area contributed by atoms with Gasteiger partial charge in [-0.15, -0.1) is 11.3 Å². The monoisotopic (exact) mass is 459 g/mol. The molecule has 6 nitrogen and oxygen atoms in total. The zero-order valence-electron chi connectivity index (χ0n) is 18.8. The Bertz CT molecular complexity index is 1370. The van der Waals surface area contributed by atoms with Gasteiger partial charge >= 0.3 is 0 Å². The molecule has 4 aromatic rings. The van der Waals surface area contributed by atoms with Crippen molar-refractivity contribution in [2.24, 2.45) is 0 Å². The molecule has 0 aliphatic carbocycles. The minimum Gasteiger partial charge on any atom is -0.461 e. The van der Waals surface area contributed by atoms with E-state index in [4.69, 9.17) is 4.42 Å². The number of aryl methyl sites for hydroxylation is 3. The molecule has 3 heterocycles. The number of likely N-dealkylation sites (tertiary alicyclic amines) is 1. The zero-order chi connectivity index (χ0) is 23.1. The van der Waals surface area contributed by atoms with E-state index in [1.54, 1.807) is 6.07 Å². The number of carbonyl (C=O) groups excluding carboxylic acids is 2. The number of thiazole rings is 1. The van der Waals surface area contributed by atoms with Crippen molar-refractivity contribution >= 4 is 34.1 Å². The summed E-state index contributed by atoms with van der Waals surface area (Å²) < 4.78 is 5.63. The molecule has 2 aromatic heterocycles. The number of amides is 2. The van der Waals surface area contributed by atoms with Crippen LogP contribution in [0.2, 0.25) is 0 Å². The molecule has 1 aliphatic rings. The van der Waals surface area contributed by atoms with Crippen molar-refractivity contribution in [2.75, 3.05) is 13.1 Å². The first kappa shape index (κ1) is 21.4. The number of hydrogen-bond donors (Lipinski definition) is 1. The van der Waals surface area contributed by atoms with Gasteiger partial charge < -0.3 is 14.6 Å². The van der Waals surface area contributed by atoms with Gasteiger partial charge in [0.1, 0.15) is 17.0 Å². The lowest BCUT2D eigenvalue weighted by Crippen LogP contribution is -2.56. The molecule has 1 N–H and O–H groups in total. The molecule has 7 heteroatoms. The van der Waals surface area contributed by atoms with Crippen molar-refractivity contribution in [3.8, 4) is 10.4 Å². The molecule has 2 aromatic carbocycles. The maximum atomic E-state index is 13.4. The van der Waals surface area contributed by atoms with Crippen LogP contribution in [-0.2, 0) is 0 Å². The van der Waals surface area contributed by atoms with E-state index in [0.29, 0.717) is 29.9 Å². The number of benzene rings is 2. The lowest BCUT2D eigenvalue weighted by atomic mass is 10.0. The van der Waals surface area contributed by atoms with E-state index in [9.17, 15) is 9.59 Å². The third kappa shape index (κ3) is 4.04. The Labute approximate surface area is 196 Å². The van der Waals surface area contributed by atoms with Crippen LogP contribution >= 0.6 is 11.3 Å². The Morgan fingerprint density at radius 2 is 1.97 bits per heavy atom. The Balaban J connectivity index is 1.30. The molecule has 0 bridgehead atoms. The van der Waals surface area contributed by atoms with Gasteiger partial charge in [0.05, 0.1) is 21.5 Å². The van der Waals surface area contributed by atoms with Gasteiger partial charge in [0.25, 0.3) is 11.8 Å². The fourth-order valence-electron chi connectivity index (χ4n) is 4.30. The summed E-state index contributed by atoms with van der Waals surface area (Å²) in [4.78, 5) is 33.5. The number of aromatic nitrogens is 1. The van der Waals surface area contributed by atoms with Gasteiger partial charge in [0.2, 0.25) is 0 Å². The SMILES string of the molecule is Cc1cccc(-c2sc(C)nc2C(=O)N2CC[C@@H]2CNC(=O)c2cccc3oc(C)cc23)c1. The second-order valence-corrected chi connectivity index (χ2v) is 9.71. The smallest absolute Gasteiger partial charge is 0.274 e. The molecule has 0 saturated carbocycles. The summed E-state index contributed by atoms with van der Waals surface area (Å²) in [5, 5.41) is 4.67. The largest absolute Gasteiger partial charge is 0.461 e. The molecule has 1 aliphatic heterocycles. The summed E-state index contributed by atoms with van der Waals surface area (Å²) in [6, 6.07) is 15.4. The van der Waals surface area contributed by atoms with Gasteiger partial charge in [-0.3, -0.25) is 9.59 Å². The third-order valence-corrected chi connectivity index (χ3v) is 7.07. The molecule has 1 atom stereocenters. The molecule has 1 fully saturated rings. The van der Waals surface area contributed by atoms with Crippen LogP contribution in [0.1, 0.15) is 43.6 Å². The van der Waals surface area contributed by atoms with E-state index in [-0.39, 0.29) is 17.9 Å². The standard InChI is InChI=1S/C26H25N3O3S/c1-15-6-4-7-18(12-15)24-23(28-17(3)33-24)26(31)29-11-10-19(29)14-27-25(30)20-8-5-9-22-21(20)13-16(2)32-22/h4-9,12-13,19H,10-11,14H2,1-3H3,(H,27,30)/t19-/m1/s1. The molecule has 0 unspecified atom stereocenters. The number of rotatable bonds is 5. The van der Waals surface area contributed by atoms with Crippen LogP contribution in [0.5, 0.6) is 0 Å². The molecule has 1 saturated heterocycles. The number of nitrogens with zero attached hydrogens (tertiary/aromatic N) is 2. The second kappa shape index (κ2) is 8.48. The third-order valence-electron chi connectivity index (χ3n) is 6.05. The molecule has 0 radical (unpaired) electrons. The highest BCUT2D eigenvalue weighted by Gasteiger charge is 2.35. The van der Waals surface area contributed by atoms with Gasteiger partial charge in [0, 0.05) is 18.5 Å². The number of carbonyl (C=O) groups is 2. The van der Waals surface area contributed by atoms with Crippen LogP contribution < -0.4 is 5.32 Å². The van der Waals surface area contributed by atoms with Gasteiger partial charge in [-0.1, -0.05) is 35.9 Å². The summed E-state index contributed by atoms with van der Waals surface area (Å²) in [6.45, 7) is 6.90. The predicted molar refractivity (Wildman–Crippen MR) is 130 cm³/mol. The van der Waals surface area contributed by atoms with Crippen molar-refractivity contribution < 1.29 is 14.0 Å². The minimum atomic E-state index is -0.161. The molecule has 0 spiro atoms. The summed E-state index contributed by atoms with van der Waals surface area (Å²) >= 11 is 1.54. The van der Waals surface area contributed by atoms with Crippen LogP contribution in [0.15, 0.2) is 52.9 Å². The van der Waals surface area contributed by atoms with Crippen molar-refractivity contribution in [3.05, 3.63) is 76.1 Å². The average Bonchev–Trinajstić information content (AvgIpc) is 3.34. The average molecular weight is 460 g/mol. The van der Waals surface area contributed by atoms with Crippen molar-refractivity contribution in [2.45, 2.75) is 33.2 Å². The van der Waals surface area contributed by atoms with E-state index in [2.05, 4.69) is 16.4 Å². The number of hydrogen-bond acceptors (Lipinski definition) is 5. The van der Waals surface area contributed by atoms with Crippen molar-refractivity contribution in [1.82, 2.24) is 15.2 Å². The molecular weight excluding hydrogens is 434 g/mol. The van der Waals surface area contributed by atoms with Gasteiger partial charge in [-0.25, -0.2) is 4.98 Å². The van der Waals surface area contributed by atoms with E-state index in [1.807, 2.05) is 62.1 Å². The number of furan rings is 1. The topological polar surface area (TPSA) is 75.4 Å². The lowest BCUT2D eigenvalue weighted by Gasteiger charge is -2.40. The van der Waals surface area contributed by atoms with Crippen LogP contribution in [0.3, 0.4) is 0 Å². The fourth-order valence-corrected chi connectivity index (χ4v) is 5.21. The van der Waals surface area contributed by atoms with Crippen LogP contribution in [0, 0.1) is 20.8 Å². The van der Waals surface area contributed by atoms with Crippen molar-refractivity contribution in [1.29, 1.82) is 0 Å². The molecular formula is C26H25N3O3S. The quantitative estimate of drug-likeness (QED) is 0.449. The second-order valence-electron chi connectivity index (χ2n) is 8.51. The molecule has 2 amide bonds. The van der Waals surface area contributed by atoms with E-state index < -0.39 is 0 Å². The highest BCUT2D eigenvalue weighted by molar-refractivity contribution is 7.15. The summed E-state index contributed by atoms with van der Waals surface area (Å²) in [6.07, 6.45) is 0.851. The van der Waals surface area contributed by atoms with E-state index in [0.717, 1.165) is 38.6 Å². The van der Waals surface area contributed by atoms with Gasteiger partial charge in [-0.2, -0.15) is 0 Å². The first-order chi connectivity index (χ1) is 15.9. The Morgan fingerprint density at radius 3 is 2.73 bits per heavy atom. The maximum Gasteiger partial charge on any atom is 0.274 e. The Kier molecular flexibility index (Phi) is 5.50. The van der Waals surface area contributed by atoms with Crippen molar-refractivity contribution in [3.63, 3.8) is 0 Å². The highest BCUT2D eigenvalue weighted by Crippen LogP contribution is 2.33. The minimum absolute atomic E-state index is 0.0425.